The van der Waals surface area contributed by atoms with Crippen LogP contribution < -0.4 is 10.6 Å². The first-order chi connectivity index (χ1) is 15.9. The third-order valence-electron chi connectivity index (χ3n) is 7.78. The van der Waals surface area contributed by atoms with E-state index in [0.717, 1.165) is 30.5 Å². The van der Waals surface area contributed by atoms with Gasteiger partial charge in [0.2, 0.25) is 5.91 Å². The Kier molecular flexibility index (Phi) is 6.10. The van der Waals surface area contributed by atoms with E-state index in [4.69, 9.17) is 0 Å². The fourth-order valence-corrected chi connectivity index (χ4v) is 7.77. The molecule has 1 aromatic heterocycles. The van der Waals surface area contributed by atoms with Crippen LogP contribution >= 0.6 is 0 Å². The molecule has 0 spiro atoms. The highest BCUT2D eigenvalue weighted by molar-refractivity contribution is 6.83. The Morgan fingerprint density at radius 3 is 2.41 bits per heavy atom. The molecule has 34 heavy (non-hydrogen) atoms. The third kappa shape index (κ3) is 3.92. The number of amides is 3. The fraction of sp³-hybridized carbons (Fsp3) is 0.542. The maximum Gasteiger partial charge on any atom is 0.319 e. The Labute approximate surface area is 200 Å². The first-order valence-corrected chi connectivity index (χ1v) is 15.2. The van der Waals surface area contributed by atoms with E-state index in [9.17, 15) is 19.1 Å². The highest BCUT2D eigenvalue weighted by Crippen LogP contribution is 2.56. The number of rotatable bonds is 6. The predicted molar refractivity (Wildman–Crippen MR) is 130 cm³/mol. The Bertz CT molecular complexity index is 1090. The zero-order valence-corrected chi connectivity index (χ0v) is 21.5. The third-order valence-corrected chi connectivity index (χ3v) is 11.4. The van der Waals surface area contributed by atoms with Crippen molar-refractivity contribution in [3.8, 4) is 0 Å². The molecule has 1 fully saturated rings. The van der Waals surface area contributed by atoms with Crippen molar-refractivity contribution < 1.29 is 19.1 Å². The van der Waals surface area contributed by atoms with Crippen LogP contribution in [0.15, 0.2) is 24.3 Å². The molecule has 0 bridgehead atoms. The SMILES string of the molecule is CC1(C)c2[nH]nc(NC(=O)C3([Si](C)(C)C)CCC3)c2CN1C(=O)NC(CO)c1ccc(F)cc1. The van der Waals surface area contributed by atoms with Gasteiger partial charge in [-0.3, -0.25) is 9.89 Å². The Morgan fingerprint density at radius 2 is 1.88 bits per heavy atom. The first kappa shape index (κ1) is 24.4. The van der Waals surface area contributed by atoms with E-state index in [2.05, 4.69) is 40.5 Å². The number of anilines is 1. The molecule has 2 heterocycles. The summed E-state index contributed by atoms with van der Waals surface area (Å²) >= 11 is 0. The van der Waals surface area contributed by atoms with E-state index in [-0.39, 0.29) is 35.9 Å². The first-order valence-electron chi connectivity index (χ1n) is 11.7. The molecule has 8 nitrogen and oxygen atoms in total. The number of aromatic nitrogens is 2. The van der Waals surface area contributed by atoms with Gasteiger partial charge in [-0.05, 0) is 44.4 Å². The minimum absolute atomic E-state index is 0.0320. The van der Waals surface area contributed by atoms with Crippen molar-refractivity contribution in [1.82, 2.24) is 20.4 Å². The van der Waals surface area contributed by atoms with Crippen LogP contribution in [0.5, 0.6) is 0 Å². The number of aliphatic hydroxyl groups excluding tert-OH is 1. The van der Waals surface area contributed by atoms with Crippen LogP contribution in [-0.2, 0) is 16.9 Å². The number of aliphatic hydroxyl groups is 1. The Balaban J connectivity index is 1.52. The molecule has 2 aliphatic rings. The lowest BCUT2D eigenvalue weighted by Crippen LogP contribution is -2.52. The van der Waals surface area contributed by atoms with Crippen molar-refractivity contribution in [1.29, 1.82) is 0 Å². The average molecular weight is 488 g/mol. The quantitative estimate of drug-likeness (QED) is 0.457. The van der Waals surface area contributed by atoms with Crippen molar-refractivity contribution in [3.63, 3.8) is 0 Å². The smallest absolute Gasteiger partial charge is 0.319 e. The van der Waals surface area contributed by atoms with E-state index >= 15 is 0 Å². The van der Waals surface area contributed by atoms with Crippen molar-refractivity contribution in [2.75, 3.05) is 11.9 Å². The summed E-state index contributed by atoms with van der Waals surface area (Å²) in [6.45, 7) is 10.4. The normalized spacial score (nSPS) is 19.2. The molecule has 1 aliphatic heterocycles. The summed E-state index contributed by atoms with van der Waals surface area (Å²) in [5, 5.41) is 22.9. The van der Waals surface area contributed by atoms with Crippen molar-refractivity contribution in [3.05, 3.63) is 46.9 Å². The maximum absolute atomic E-state index is 13.3. The zero-order valence-electron chi connectivity index (χ0n) is 20.5. The van der Waals surface area contributed by atoms with Gasteiger partial charge in [-0.25, -0.2) is 9.18 Å². The summed E-state index contributed by atoms with van der Waals surface area (Å²) in [4.78, 5) is 28.2. The van der Waals surface area contributed by atoms with Crippen LogP contribution in [0, 0.1) is 5.82 Å². The second-order valence-corrected chi connectivity index (χ2v) is 16.4. The van der Waals surface area contributed by atoms with Crippen LogP contribution in [0.1, 0.15) is 56.0 Å². The van der Waals surface area contributed by atoms with E-state index in [1.807, 2.05) is 13.8 Å². The lowest BCUT2D eigenvalue weighted by atomic mass is 9.83. The maximum atomic E-state index is 13.3. The molecule has 184 valence electrons. The number of nitrogens with zero attached hydrogens (tertiary/aromatic N) is 2. The summed E-state index contributed by atoms with van der Waals surface area (Å²) in [6, 6.07) is 4.64. The number of nitrogens with one attached hydrogen (secondary N) is 3. The number of carbonyl (C=O) groups excluding carboxylic acids is 2. The van der Waals surface area contributed by atoms with Gasteiger partial charge in [0, 0.05) is 10.6 Å². The molecule has 10 heteroatoms. The zero-order chi connectivity index (χ0) is 24.9. The summed E-state index contributed by atoms with van der Waals surface area (Å²) in [5.41, 5.74) is 1.47. The molecule has 1 atom stereocenters. The van der Waals surface area contributed by atoms with Gasteiger partial charge in [-0.1, -0.05) is 38.2 Å². The van der Waals surface area contributed by atoms with Crippen molar-refractivity contribution in [2.45, 2.75) is 75.9 Å². The van der Waals surface area contributed by atoms with Crippen LogP contribution in [0.2, 0.25) is 24.7 Å². The van der Waals surface area contributed by atoms with Gasteiger partial charge in [0.05, 0.1) is 38.5 Å². The lowest BCUT2D eigenvalue weighted by molar-refractivity contribution is -0.121. The molecule has 1 saturated carbocycles. The molecular formula is C24H34FN5O3Si. The van der Waals surface area contributed by atoms with E-state index in [0.29, 0.717) is 11.4 Å². The monoisotopic (exact) mass is 487 g/mol. The summed E-state index contributed by atoms with van der Waals surface area (Å²) in [7, 11) is -1.74. The largest absolute Gasteiger partial charge is 0.394 e. The number of benzene rings is 1. The highest BCUT2D eigenvalue weighted by Gasteiger charge is 2.54. The predicted octanol–water partition coefficient (Wildman–Crippen LogP) is 4.24. The Morgan fingerprint density at radius 1 is 1.24 bits per heavy atom. The summed E-state index contributed by atoms with van der Waals surface area (Å²) < 4.78 is 13.3. The molecular weight excluding hydrogens is 453 g/mol. The number of aromatic amines is 1. The average Bonchev–Trinajstić information content (AvgIpc) is 3.23. The number of halogens is 1. The van der Waals surface area contributed by atoms with Crippen molar-refractivity contribution in [2.24, 2.45) is 0 Å². The number of urea groups is 1. The number of H-pyrrole nitrogens is 1. The molecule has 0 radical (unpaired) electrons. The molecule has 1 unspecified atom stereocenters. The van der Waals surface area contributed by atoms with Gasteiger partial charge in [0.15, 0.2) is 5.82 Å². The number of hydrogen-bond donors (Lipinski definition) is 4. The topological polar surface area (TPSA) is 110 Å². The lowest BCUT2D eigenvalue weighted by Gasteiger charge is -2.48. The van der Waals surface area contributed by atoms with Crippen LogP contribution in [-0.4, -0.2) is 46.8 Å². The molecule has 3 amide bonds. The van der Waals surface area contributed by atoms with Crippen LogP contribution in [0.25, 0.3) is 0 Å². The van der Waals surface area contributed by atoms with Crippen LogP contribution in [0.3, 0.4) is 0 Å². The molecule has 0 saturated heterocycles. The minimum atomic E-state index is -1.74. The van der Waals surface area contributed by atoms with Gasteiger partial charge in [-0.2, -0.15) is 5.10 Å². The van der Waals surface area contributed by atoms with Crippen molar-refractivity contribution >= 4 is 25.8 Å². The van der Waals surface area contributed by atoms with Crippen LogP contribution in [0.4, 0.5) is 15.0 Å². The van der Waals surface area contributed by atoms with Gasteiger partial charge in [0.1, 0.15) is 5.82 Å². The molecule has 4 N–H and O–H groups in total. The van der Waals surface area contributed by atoms with Gasteiger partial charge in [0.25, 0.3) is 0 Å². The standard InChI is InChI=1S/C24H34FN5O3Si/c1-23(2)19-17(20(29-28-19)27-21(32)24(11-6-12-24)34(3,4)5)13-30(23)22(33)26-18(14-31)15-7-9-16(25)10-8-15/h7-10,18,31H,6,11-14H2,1-5H3,(H,26,33)(H2,27,28,29,32). The number of hydrogen-bond acceptors (Lipinski definition) is 4. The molecule has 1 aromatic carbocycles. The summed E-state index contributed by atoms with van der Waals surface area (Å²) in [6.07, 6.45) is 2.89. The summed E-state index contributed by atoms with van der Waals surface area (Å²) in [5.74, 6) is 0.125. The minimum Gasteiger partial charge on any atom is -0.394 e. The van der Waals surface area contributed by atoms with Gasteiger partial charge < -0.3 is 20.6 Å². The van der Waals surface area contributed by atoms with E-state index < -0.39 is 19.7 Å². The van der Waals surface area contributed by atoms with Gasteiger partial charge >= 0.3 is 6.03 Å². The molecule has 1 aliphatic carbocycles. The second-order valence-electron chi connectivity index (χ2n) is 10.9. The number of fused-ring (bicyclic) bond motifs is 1. The van der Waals surface area contributed by atoms with E-state index in [1.165, 1.54) is 12.1 Å². The second kappa shape index (κ2) is 8.49. The Hall–Kier alpha value is -2.72. The van der Waals surface area contributed by atoms with Gasteiger partial charge in [-0.15, -0.1) is 0 Å². The number of carbonyl (C=O) groups is 2. The highest BCUT2D eigenvalue weighted by atomic mass is 28.3. The fourth-order valence-electron chi connectivity index (χ4n) is 5.18. The van der Waals surface area contributed by atoms with E-state index in [1.54, 1.807) is 17.0 Å². The molecule has 4 rings (SSSR count). The molecule has 2 aromatic rings.